The lowest BCUT2D eigenvalue weighted by Gasteiger charge is -2.25. The molecule has 0 bridgehead atoms. The zero-order valence-corrected chi connectivity index (χ0v) is 16.2. The number of hydroxylamine groups is 1. The Kier molecular flexibility index (Phi) is 5.70. The van der Waals surface area contributed by atoms with Gasteiger partial charge in [0.1, 0.15) is 5.57 Å². The topological polar surface area (TPSA) is 101 Å². The number of aromatic amines is 1. The molecule has 1 unspecified atom stereocenters. The molecule has 1 aliphatic heterocycles. The Morgan fingerprint density at radius 1 is 1.36 bits per heavy atom. The minimum Gasteiger partial charge on any atom is -0.446 e. The highest BCUT2D eigenvalue weighted by Crippen LogP contribution is 2.46. The second-order valence-corrected chi connectivity index (χ2v) is 6.83. The van der Waals surface area contributed by atoms with E-state index in [0.717, 1.165) is 29.3 Å². The average molecular weight is 384 g/mol. The maximum atomic E-state index is 12.6. The van der Waals surface area contributed by atoms with Crippen molar-refractivity contribution in [3.63, 3.8) is 0 Å². The van der Waals surface area contributed by atoms with Gasteiger partial charge in [-0.25, -0.2) is 10.3 Å². The summed E-state index contributed by atoms with van der Waals surface area (Å²) >= 11 is 0. The van der Waals surface area contributed by atoms with Crippen molar-refractivity contribution in [3.05, 3.63) is 46.9 Å². The molecule has 2 aromatic rings. The molecule has 2 heterocycles. The van der Waals surface area contributed by atoms with E-state index in [-0.39, 0.29) is 23.3 Å². The van der Waals surface area contributed by atoms with Gasteiger partial charge >= 0.3 is 0 Å². The number of carbonyl (C=O) groups is 1. The molecule has 1 aromatic heterocycles. The molecular formula is C21H24N2O5. The van der Waals surface area contributed by atoms with E-state index >= 15 is 0 Å². The van der Waals surface area contributed by atoms with E-state index in [1.807, 2.05) is 38.1 Å². The maximum absolute atomic E-state index is 12.6. The third-order valence-electron chi connectivity index (χ3n) is 4.99. The van der Waals surface area contributed by atoms with Crippen LogP contribution in [0.15, 0.2) is 35.6 Å². The Labute approximate surface area is 163 Å². The van der Waals surface area contributed by atoms with Crippen molar-refractivity contribution in [3.8, 4) is 0 Å². The first kappa shape index (κ1) is 19.9. The molecule has 1 atom stereocenters. The Morgan fingerprint density at radius 3 is 2.75 bits per heavy atom. The zero-order chi connectivity index (χ0) is 20.3. The van der Waals surface area contributed by atoms with Crippen LogP contribution in [0, 0.1) is 6.92 Å². The highest BCUT2D eigenvalue weighted by atomic mass is 16.6. The van der Waals surface area contributed by atoms with Crippen molar-refractivity contribution in [2.24, 2.45) is 0 Å². The fraction of sp³-hybridized carbons (Fsp3) is 0.381. The number of hydrogen-bond donors (Lipinski definition) is 3. The molecule has 0 saturated heterocycles. The molecule has 1 amide bonds. The van der Waals surface area contributed by atoms with Crippen LogP contribution in [0.25, 0.3) is 16.5 Å². The predicted molar refractivity (Wildman–Crippen MR) is 104 cm³/mol. The summed E-state index contributed by atoms with van der Waals surface area (Å²) in [6.07, 6.45) is 2.74. The molecule has 0 saturated carbocycles. The Hall–Kier alpha value is -2.86. The van der Waals surface area contributed by atoms with E-state index in [9.17, 15) is 14.7 Å². The van der Waals surface area contributed by atoms with Crippen LogP contribution in [-0.4, -0.2) is 34.8 Å². The number of hydrogen-bond acceptors (Lipinski definition) is 5. The van der Waals surface area contributed by atoms with Crippen molar-refractivity contribution in [2.45, 2.75) is 45.3 Å². The number of nitrogens with one attached hydrogen (secondary N) is 2. The SMILES string of the molecule is CCCCCC1(O)OC(=C=O)C(C(=O)NOC)=C1c1[nH]c2ccccc2c1C. The molecule has 148 valence electrons. The Balaban J connectivity index is 2.25. The summed E-state index contributed by atoms with van der Waals surface area (Å²) < 4.78 is 5.58. The number of aryl methyl sites for hydroxylation is 1. The van der Waals surface area contributed by atoms with E-state index in [0.29, 0.717) is 12.1 Å². The van der Waals surface area contributed by atoms with Crippen LogP contribution in [-0.2, 0) is 19.2 Å². The van der Waals surface area contributed by atoms with Gasteiger partial charge in [-0.3, -0.25) is 9.63 Å². The largest absolute Gasteiger partial charge is 0.446 e. The fourth-order valence-electron chi connectivity index (χ4n) is 3.66. The number of H-pyrrole nitrogens is 1. The Bertz CT molecular complexity index is 984. The van der Waals surface area contributed by atoms with E-state index < -0.39 is 11.7 Å². The van der Waals surface area contributed by atoms with Crippen LogP contribution in [0.4, 0.5) is 0 Å². The molecule has 28 heavy (non-hydrogen) atoms. The quantitative estimate of drug-likeness (QED) is 0.387. The van der Waals surface area contributed by atoms with Crippen molar-refractivity contribution in [2.75, 3.05) is 7.11 Å². The third kappa shape index (κ3) is 3.36. The van der Waals surface area contributed by atoms with Crippen LogP contribution < -0.4 is 5.48 Å². The predicted octanol–water partition coefficient (Wildman–Crippen LogP) is 2.92. The van der Waals surface area contributed by atoms with Gasteiger partial charge < -0.3 is 14.8 Å². The number of benzene rings is 1. The summed E-state index contributed by atoms with van der Waals surface area (Å²) in [5.41, 5.74) is 4.61. The summed E-state index contributed by atoms with van der Waals surface area (Å²) in [7, 11) is 1.29. The number of carbonyl (C=O) groups excluding carboxylic acids is 2. The van der Waals surface area contributed by atoms with Crippen molar-refractivity contribution in [1.29, 1.82) is 0 Å². The molecular weight excluding hydrogens is 360 g/mol. The number of amides is 1. The average Bonchev–Trinajstić information content (AvgIpc) is 3.16. The maximum Gasteiger partial charge on any atom is 0.280 e. The Morgan fingerprint density at radius 2 is 2.11 bits per heavy atom. The number of ether oxygens (including phenoxy) is 1. The van der Waals surface area contributed by atoms with E-state index in [2.05, 4.69) is 10.5 Å². The van der Waals surface area contributed by atoms with Crippen LogP contribution in [0.5, 0.6) is 0 Å². The van der Waals surface area contributed by atoms with Crippen LogP contribution in [0.3, 0.4) is 0 Å². The van der Waals surface area contributed by atoms with Gasteiger partial charge in [-0.2, -0.15) is 0 Å². The zero-order valence-electron chi connectivity index (χ0n) is 16.2. The molecule has 1 aliphatic rings. The van der Waals surface area contributed by atoms with Gasteiger partial charge in [0, 0.05) is 17.3 Å². The van der Waals surface area contributed by atoms with Gasteiger partial charge in [0.25, 0.3) is 5.91 Å². The number of para-hydroxylation sites is 1. The minimum atomic E-state index is -1.81. The summed E-state index contributed by atoms with van der Waals surface area (Å²) in [4.78, 5) is 32.1. The minimum absolute atomic E-state index is 0.0782. The lowest BCUT2D eigenvalue weighted by Crippen LogP contribution is -2.31. The highest BCUT2D eigenvalue weighted by molar-refractivity contribution is 6.09. The second-order valence-electron chi connectivity index (χ2n) is 6.83. The lowest BCUT2D eigenvalue weighted by atomic mass is 9.92. The third-order valence-corrected chi connectivity index (χ3v) is 4.99. The first-order chi connectivity index (χ1) is 13.5. The monoisotopic (exact) mass is 384 g/mol. The number of aromatic nitrogens is 1. The normalized spacial score (nSPS) is 19.1. The second kappa shape index (κ2) is 8.02. The lowest BCUT2D eigenvalue weighted by molar-refractivity contribution is -0.128. The smallest absolute Gasteiger partial charge is 0.280 e. The van der Waals surface area contributed by atoms with Gasteiger partial charge in [0.15, 0.2) is 5.94 Å². The molecule has 0 aliphatic carbocycles. The molecule has 7 heteroatoms. The molecule has 1 aromatic carbocycles. The van der Waals surface area contributed by atoms with Crippen LogP contribution >= 0.6 is 0 Å². The fourth-order valence-corrected chi connectivity index (χ4v) is 3.66. The van der Waals surface area contributed by atoms with Crippen molar-refractivity contribution >= 4 is 28.3 Å². The summed E-state index contributed by atoms with van der Waals surface area (Å²) in [5.74, 6) is -1.18. The summed E-state index contributed by atoms with van der Waals surface area (Å²) in [6.45, 7) is 3.94. The number of aliphatic hydroxyl groups is 1. The van der Waals surface area contributed by atoms with E-state index in [1.54, 1.807) is 5.94 Å². The van der Waals surface area contributed by atoms with Gasteiger partial charge in [-0.05, 0) is 25.0 Å². The van der Waals surface area contributed by atoms with Crippen LogP contribution in [0.2, 0.25) is 0 Å². The van der Waals surface area contributed by atoms with Crippen molar-refractivity contribution < 1.29 is 24.3 Å². The molecule has 3 rings (SSSR count). The number of rotatable bonds is 7. The molecule has 7 nitrogen and oxygen atoms in total. The van der Waals surface area contributed by atoms with Gasteiger partial charge in [0.2, 0.25) is 11.5 Å². The highest BCUT2D eigenvalue weighted by Gasteiger charge is 2.48. The standard InChI is InChI=1S/C21H24N2O5/c1-4-5-8-11-21(26)18(17(16(12-24)28-21)20(25)23-27-3)19-13(2)14-9-6-7-10-15(14)22-19/h6-7,9-10,22,26H,4-5,8,11H2,1-3H3,(H,23,25). The molecule has 0 spiro atoms. The van der Waals surface area contributed by atoms with Gasteiger partial charge in [-0.15, -0.1) is 0 Å². The van der Waals surface area contributed by atoms with Crippen molar-refractivity contribution in [1.82, 2.24) is 10.5 Å². The number of unbranched alkanes of at least 4 members (excludes halogenated alkanes) is 2. The first-order valence-electron chi connectivity index (χ1n) is 9.29. The van der Waals surface area contributed by atoms with E-state index in [4.69, 9.17) is 9.57 Å². The van der Waals surface area contributed by atoms with Gasteiger partial charge in [0.05, 0.1) is 18.4 Å². The molecule has 0 fully saturated rings. The number of fused-ring (bicyclic) bond motifs is 1. The first-order valence-corrected chi connectivity index (χ1v) is 9.29. The van der Waals surface area contributed by atoms with Crippen LogP contribution in [0.1, 0.15) is 43.9 Å². The molecule has 0 radical (unpaired) electrons. The van der Waals surface area contributed by atoms with E-state index in [1.165, 1.54) is 7.11 Å². The molecule has 3 N–H and O–H groups in total. The summed E-state index contributed by atoms with van der Waals surface area (Å²) in [5, 5.41) is 12.3. The van der Waals surface area contributed by atoms with Gasteiger partial charge in [-0.1, -0.05) is 38.0 Å². The summed E-state index contributed by atoms with van der Waals surface area (Å²) in [6, 6.07) is 7.66.